The Morgan fingerprint density at radius 2 is 1.50 bits per heavy atom. The van der Waals surface area contributed by atoms with Crippen LogP contribution in [0.15, 0.2) is 12.2 Å². The number of ether oxygens (including phenoxy) is 2. The maximum Gasteiger partial charge on any atom is 0.306 e. The average Bonchev–Trinajstić information content (AvgIpc) is 2.65. The Labute approximate surface area is 161 Å². The molecule has 4 heteroatoms. The van der Waals surface area contributed by atoms with Crippen molar-refractivity contribution in [3.63, 3.8) is 0 Å². The number of unbranched alkanes of at least 4 members (excludes halogenated alkanes) is 9. The van der Waals surface area contributed by atoms with Crippen molar-refractivity contribution in [3.8, 4) is 0 Å². The van der Waals surface area contributed by atoms with Crippen LogP contribution in [-0.4, -0.2) is 37.0 Å². The minimum Gasteiger partial charge on any atom is -0.457 e. The number of rotatable bonds is 19. The number of aliphatic hydroxyl groups excluding tert-OH is 1. The van der Waals surface area contributed by atoms with Crippen LogP contribution in [0.5, 0.6) is 0 Å². The fourth-order valence-corrected chi connectivity index (χ4v) is 2.64. The standard InChI is InChI=1S/C22H42O4/c1-3-5-7-8-9-10-11-12-13-14-15-16-18-25-20-21(19-23)26-22(24)17-6-4-2/h8-9,21,23H,3-7,10-20H2,1-2H3/b9-8-. The third kappa shape index (κ3) is 17.9. The summed E-state index contributed by atoms with van der Waals surface area (Å²) in [6.07, 6.45) is 18.7. The molecule has 0 fully saturated rings. The fourth-order valence-electron chi connectivity index (χ4n) is 2.64. The Balaban J connectivity index is 3.38. The molecule has 0 amide bonds. The second-order valence-electron chi connectivity index (χ2n) is 7.00. The van der Waals surface area contributed by atoms with Crippen LogP contribution in [0.3, 0.4) is 0 Å². The highest BCUT2D eigenvalue weighted by molar-refractivity contribution is 5.69. The summed E-state index contributed by atoms with van der Waals surface area (Å²) in [6, 6.07) is 0. The van der Waals surface area contributed by atoms with E-state index in [2.05, 4.69) is 19.1 Å². The Kier molecular flexibility index (Phi) is 19.8. The lowest BCUT2D eigenvalue weighted by molar-refractivity contribution is -0.154. The van der Waals surface area contributed by atoms with Gasteiger partial charge in [0.2, 0.25) is 0 Å². The number of hydrogen-bond acceptors (Lipinski definition) is 4. The first-order valence-corrected chi connectivity index (χ1v) is 10.8. The molecule has 1 atom stereocenters. The van der Waals surface area contributed by atoms with Crippen molar-refractivity contribution >= 4 is 5.97 Å². The molecule has 0 bridgehead atoms. The number of aliphatic hydroxyl groups is 1. The zero-order valence-corrected chi connectivity index (χ0v) is 17.2. The number of hydrogen-bond donors (Lipinski definition) is 1. The number of carbonyl (C=O) groups excluding carboxylic acids is 1. The van der Waals surface area contributed by atoms with Gasteiger partial charge < -0.3 is 14.6 Å². The summed E-state index contributed by atoms with van der Waals surface area (Å²) in [5, 5.41) is 9.24. The second kappa shape index (κ2) is 20.4. The summed E-state index contributed by atoms with van der Waals surface area (Å²) in [5.74, 6) is -0.241. The van der Waals surface area contributed by atoms with E-state index in [9.17, 15) is 9.90 Å². The van der Waals surface area contributed by atoms with Crippen LogP contribution in [0.1, 0.15) is 97.3 Å². The molecule has 0 heterocycles. The number of allylic oxidation sites excluding steroid dienone is 2. The van der Waals surface area contributed by atoms with Crippen LogP contribution in [0.4, 0.5) is 0 Å². The Bertz CT molecular complexity index is 328. The second-order valence-corrected chi connectivity index (χ2v) is 7.00. The quantitative estimate of drug-likeness (QED) is 0.183. The summed E-state index contributed by atoms with van der Waals surface area (Å²) in [4.78, 5) is 11.5. The van der Waals surface area contributed by atoms with E-state index in [1.54, 1.807) is 0 Å². The topological polar surface area (TPSA) is 55.8 Å². The van der Waals surface area contributed by atoms with Crippen molar-refractivity contribution in [1.82, 2.24) is 0 Å². The van der Waals surface area contributed by atoms with E-state index in [1.807, 2.05) is 6.92 Å². The molecule has 0 saturated heterocycles. The summed E-state index contributed by atoms with van der Waals surface area (Å²) >= 11 is 0. The molecule has 0 aromatic heterocycles. The van der Waals surface area contributed by atoms with Crippen LogP contribution < -0.4 is 0 Å². The largest absolute Gasteiger partial charge is 0.457 e. The first-order valence-electron chi connectivity index (χ1n) is 10.8. The van der Waals surface area contributed by atoms with Crippen molar-refractivity contribution in [2.45, 2.75) is 103 Å². The van der Waals surface area contributed by atoms with Crippen LogP contribution in [-0.2, 0) is 14.3 Å². The average molecular weight is 371 g/mol. The highest BCUT2D eigenvalue weighted by atomic mass is 16.6. The summed E-state index contributed by atoms with van der Waals surface area (Å²) in [6.45, 7) is 5.05. The molecule has 0 aromatic carbocycles. The summed E-state index contributed by atoms with van der Waals surface area (Å²) in [7, 11) is 0. The molecular formula is C22H42O4. The molecule has 4 nitrogen and oxygen atoms in total. The maximum atomic E-state index is 11.5. The maximum absolute atomic E-state index is 11.5. The van der Waals surface area contributed by atoms with E-state index in [-0.39, 0.29) is 12.6 Å². The molecule has 0 aliphatic rings. The monoisotopic (exact) mass is 370 g/mol. The number of carbonyl (C=O) groups is 1. The molecule has 0 rings (SSSR count). The molecule has 26 heavy (non-hydrogen) atoms. The highest BCUT2D eigenvalue weighted by Gasteiger charge is 2.13. The molecule has 0 radical (unpaired) electrons. The van der Waals surface area contributed by atoms with Gasteiger partial charge in [0, 0.05) is 13.0 Å². The molecule has 0 saturated carbocycles. The molecule has 154 valence electrons. The molecular weight excluding hydrogens is 328 g/mol. The highest BCUT2D eigenvalue weighted by Crippen LogP contribution is 2.08. The first kappa shape index (κ1) is 25.1. The summed E-state index contributed by atoms with van der Waals surface area (Å²) in [5.41, 5.74) is 0. The lowest BCUT2D eigenvalue weighted by Gasteiger charge is -2.15. The van der Waals surface area contributed by atoms with E-state index in [0.29, 0.717) is 19.6 Å². The Morgan fingerprint density at radius 1 is 0.885 bits per heavy atom. The fraction of sp³-hybridized carbons (Fsp3) is 0.864. The van der Waals surface area contributed by atoms with Crippen molar-refractivity contribution in [1.29, 1.82) is 0 Å². The van der Waals surface area contributed by atoms with Crippen molar-refractivity contribution in [2.75, 3.05) is 19.8 Å². The predicted octanol–water partition coefficient (Wildman–Crippen LogP) is 5.57. The number of esters is 1. The smallest absolute Gasteiger partial charge is 0.306 e. The van der Waals surface area contributed by atoms with Gasteiger partial charge in [-0.2, -0.15) is 0 Å². The van der Waals surface area contributed by atoms with Gasteiger partial charge in [-0.25, -0.2) is 0 Å². The van der Waals surface area contributed by atoms with Crippen molar-refractivity contribution < 1.29 is 19.4 Å². The Morgan fingerprint density at radius 3 is 2.15 bits per heavy atom. The lowest BCUT2D eigenvalue weighted by Crippen LogP contribution is -2.27. The van der Waals surface area contributed by atoms with Crippen LogP contribution in [0.25, 0.3) is 0 Å². The molecule has 1 N–H and O–H groups in total. The zero-order valence-electron chi connectivity index (χ0n) is 17.2. The molecule has 0 spiro atoms. The van der Waals surface area contributed by atoms with Crippen molar-refractivity contribution in [2.24, 2.45) is 0 Å². The van der Waals surface area contributed by atoms with Gasteiger partial charge in [-0.05, 0) is 32.1 Å². The zero-order chi connectivity index (χ0) is 19.3. The molecule has 0 aliphatic carbocycles. The van der Waals surface area contributed by atoms with Crippen LogP contribution >= 0.6 is 0 Å². The van der Waals surface area contributed by atoms with Gasteiger partial charge in [-0.3, -0.25) is 4.79 Å². The lowest BCUT2D eigenvalue weighted by atomic mass is 10.1. The molecule has 0 aliphatic heterocycles. The van der Waals surface area contributed by atoms with Gasteiger partial charge in [0.25, 0.3) is 0 Å². The SMILES string of the molecule is CCCC/C=C\CCCCCCCCOCC(CO)OC(=O)CCCC. The van der Waals surface area contributed by atoms with Crippen LogP contribution in [0, 0.1) is 0 Å². The van der Waals surface area contributed by atoms with Crippen LogP contribution in [0.2, 0.25) is 0 Å². The van der Waals surface area contributed by atoms with Crippen molar-refractivity contribution in [3.05, 3.63) is 12.2 Å². The third-order valence-electron chi connectivity index (χ3n) is 4.34. The van der Waals surface area contributed by atoms with Gasteiger partial charge >= 0.3 is 5.97 Å². The van der Waals surface area contributed by atoms with Gasteiger partial charge in [0.15, 0.2) is 0 Å². The molecule has 0 aromatic rings. The Hall–Kier alpha value is -0.870. The summed E-state index contributed by atoms with van der Waals surface area (Å²) < 4.78 is 10.7. The van der Waals surface area contributed by atoms with E-state index in [0.717, 1.165) is 19.3 Å². The minimum absolute atomic E-state index is 0.176. The van der Waals surface area contributed by atoms with Gasteiger partial charge in [-0.15, -0.1) is 0 Å². The van der Waals surface area contributed by atoms with E-state index in [4.69, 9.17) is 9.47 Å². The minimum atomic E-state index is -0.523. The van der Waals surface area contributed by atoms with E-state index < -0.39 is 6.10 Å². The van der Waals surface area contributed by atoms with Gasteiger partial charge in [0.05, 0.1) is 13.2 Å². The predicted molar refractivity (Wildman–Crippen MR) is 108 cm³/mol. The van der Waals surface area contributed by atoms with E-state index >= 15 is 0 Å². The molecule has 1 unspecified atom stereocenters. The normalized spacial score (nSPS) is 12.6. The van der Waals surface area contributed by atoms with Gasteiger partial charge in [0.1, 0.15) is 6.10 Å². The first-order chi connectivity index (χ1) is 12.7. The third-order valence-corrected chi connectivity index (χ3v) is 4.34. The van der Waals surface area contributed by atoms with E-state index in [1.165, 1.54) is 57.8 Å². The van der Waals surface area contributed by atoms with Gasteiger partial charge in [-0.1, -0.05) is 70.9 Å².